The number of benzene rings is 1. The molecule has 4 heteroatoms. The fraction of sp³-hybridized carbons (Fsp3) is 0.471. The van der Waals surface area contributed by atoms with E-state index in [-0.39, 0.29) is 12.1 Å². The number of para-hydroxylation sites is 1. The van der Waals surface area contributed by atoms with E-state index in [0.717, 1.165) is 22.9 Å². The van der Waals surface area contributed by atoms with Gasteiger partial charge >= 0.3 is 0 Å². The molecule has 1 N–H and O–H groups in total. The highest BCUT2D eigenvalue weighted by Crippen LogP contribution is 2.30. The van der Waals surface area contributed by atoms with Crippen molar-refractivity contribution < 1.29 is 4.74 Å². The standard InChI is InChI=1S/C17H24N2OS/c1-6-15(14-9-7-8-10-16(14)20-5)18-11(2)17-12(3)21-13(4)19-17/h7-11,15,18H,6H2,1-5H3. The Morgan fingerprint density at radius 2 is 2.00 bits per heavy atom. The molecule has 3 nitrogen and oxygen atoms in total. The third kappa shape index (κ3) is 3.63. The first-order valence-electron chi connectivity index (χ1n) is 7.39. The predicted molar refractivity (Wildman–Crippen MR) is 89.2 cm³/mol. The molecule has 0 fully saturated rings. The van der Waals surface area contributed by atoms with Crippen LogP contribution < -0.4 is 10.1 Å². The van der Waals surface area contributed by atoms with Crippen molar-refractivity contribution >= 4 is 11.3 Å². The molecule has 0 aliphatic heterocycles. The summed E-state index contributed by atoms with van der Waals surface area (Å²) >= 11 is 1.76. The Morgan fingerprint density at radius 1 is 1.29 bits per heavy atom. The average molecular weight is 304 g/mol. The second-order valence-electron chi connectivity index (χ2n) is 5.27. The number of nitrogens with zero attached hydrogens (tertiary/aromatic N) is 1. The van der Waals surface area contributed by atoms with E-state index in [1.165, 1.54) is 10.4 Å². The molecule has 21 heavy (non-hydrogen) atoms. The summed E-state index contributed by atoms with van der Waals surface area (Å²) in [4.78, 5) is 5.95. The monoisotopic (exact) mass is 304 g/mol. The maximum Gasteiger partial charge on any atom is 0.123 e. The van der Waals surface area contributed by atoms with Gasteiger partial charge in [-0.25, -0.2) is 4.98 Å². The van der Waals surface area contributed by atoms with Gasteiger partial charge in [-0.1, -0.05) is 25.1 Å². The second-order valence-corrected chi connectivity index (χ2v) is 6.67. The molecule has 0 aliphatic rings. The minimum absolute atomic E-state index is 0.227. The van der Waals surface area contributed by atoms with Crippen LogP contribution in [0.4, 0.5) is 0 Å². The van der Waals surface area contributed by atoms with Gasteiger partial charge in [-0.2, -0.15) is 0 Å². The molecule has 0 amide bonds. The van der Waals surface area contributed by atoms with Crippen LogP contribution in [0.2, 0.25) is 0 Å². The molecule has 0 radical (unpaired) electrons. The number of nitrogens with one attached hydrogen (secondary N) is 1. The van der Waals surface area contributed by atoms with E-state index in [1.54, 1.807) is 18.4 Å². The summed E-state index contributed by atoms with van der Waals surface area (Å²) in [6.45, 7) is 8.57. The van der Waals surface area contributed by atoms with Gasteiger partial charge in [0, 0.05) is 22.5 Å². The van der Waals surface area contributed by atoms with Crippen LogP contribution in [-0.2, 0) is 0 Å². The summed E-state index contributed by atoms with van der Waals surface area (Å²) in [6, 6.07) is 8.70. The maximum absolute atomic E-state index is 5.49. The SMILES string of the molecule is CCC(NC(C)c1nc(C)sc1C)c1ccccc1OC. The lowest BCUT2D eigenvalue weighted by Crippen LogP contribution is -2.25. The largest absolute Gasteiger partial charge is 0.496 e. The molecule has 2 rings (SSSR count). The highest BCUT2D eigenvalue weighted by molar-refractivity contribution is 7.11. The molecule has 0 bridgehead atoms. The van der Waals surface area contributed by atoms with Crippen molar-refractivity contribution in [2.45, 2.75) is 46.2 Å². The van der Waals surface area contributed by atoms with Crippen LogP contribution in [0.1, 0.15) is 53.5 Å². The highest BCUT2D eigenvalue weighted by atomic mass is 32.1. The Bertz CT molecular complexity index is 594. The Hall–Kier alpha value is -1.39. The number of methoxy groups -OCH3 is 1. The van der Waals surface area contributed by atoms with Gasteiger partial charge in [0.15, 0.2) is 0 Å². The van der Waals surface area contributed by atoms with Crippen molar-refractivity contribution in [1.29, 1.82) is 0 Å². The van der Waals surface area contributed by atoms with Gasteiger partial charge in [0.25, 0.3) is 0 Å². The van der Waals surface area contributed by atoms with Gasteiger partial charge in [-0.3, -0.25) is 0 Å². The Kier molecular flexibility index (Phi) is 5.37. The van der Waals surface area contributed by atoms with Crippen LogP contribution >= 0.6 is 11.3 Å². The fourth-order valence-electron chi connectivity index (χ4n) is 2.71. The third-order valence-electron chi connectivity index (χ3n) is 3.72. The highest BCUT2D eigenvalue weighted by Gasteiger charge is 2.19. The Morgan fingerprint density at radius 3 is 2.57 bits per heavy atom. The van der Waals surface area contributed by atoms with Crippen molar-refractivity contribution in [3.8, 4) is 5.75 Å². The first kappa shape index (κ1) is 16.0. The van der Waals surface area contributed by atoms with Crippen molar-refractivity contribution in [2.24, 2.45) is 0 Å². The predicted octanol–water partition coefficient (Wildman–Crippen LogP) is 4.57. The van der Waals surface area contributed by atoms with E-state index in [9.17, 15) is 0 Å². The van der Waals surface area contributed by atoms with E-state index in [1.807, 2.05) is 12.1 Å². The van der Waals surface area contributed by atoms with E-state index in [2.05, 4.69) is 50.1 Å². The first-order chi connectivity index (χ1) is 10.1. The molecule has 1 aromatic heterocycles. The number of aryl methyl sites for hydroxylation is 2. The smallest absolute Gasteiger partial charge is 0.123 e. The van der Waals surface area contributed by atoms with Crippen molar-refractivity contribution in [3.63, 3.8) is 0 Å². The number of hydrogen-bond acceptors (Lipinski definition) is 4. The fourth-order valence-corrected chi connectivity index (χ4v) is 3.62. The van der Waals surface area contributed by atoms with Gasteiger partial charge < -0.3 is 10.1 Å². The van der Waals surface area contributed by atoms with Crippen molar-refractivity contribution in [3.05, 3.63) is 45.4 Å². The molecule has 0 aliphatic carbocycles. The number of ether oxygens (including phenoxy) is 1. The summed E-state index contributed by atoms with van der Waals surface area (Å²) in [5.41, 5.74) is 2.37. The lowest BCUT2D eigenvalue weighted by atomic mass is 10.0. The van der Waals surface area contributed by atoms with Gasteiger partial charge in [0.1, 0.15) is 5.75 Å². The molecule has 0 saturated heterocycles. The summed E-state index contributed by atoms with van der Waals surface area (Å²) in [5, 5.41) is 4.82. The molecule has 1 aromatic carbocycles. The van der Waals surface area contributed by atoms with E-state index >= 15 is 0 Å². The van der Waals surface area contributed by atoms with E-state index in [4.69, 9.17) is 4.74 Å². The second kappa shape index (κ2) is 7.05. The topological polar surface area (TPSA) is 34.2 Å². The molecule has 2 aromatic rings. The van der Waals surface area contributed by atoms with Gasteiger partial charge in [-0.05, 0) is 33.3 Å². The van der Waals surface area contributed by atoms with Crippen LogP contribution in [0, 0.1) is 13.8 Å². The molecule has 0 spiro atoms. The van der Waals surface area contributed by atoms with Crippen molar-refractivity contribution in [1.82, 2.24) is 10.3 Å². The zero-order valence-electron chi connectivity index (χ0n) is 13.4. The van der Waals surface area contributed by atoms with E-state index < -0.39 is 0 Å². The van der Waals surface area contributed by atoms with Crippen LogP contribution in [0.5, 0.6) is 5.75 Å². The van der Waals surface area contributed by atoms with Gasteiger partial charge in [0.05, 0.1) is 17.8 Å². The van der Waals surface area contributed by atoms with Gasteiger partial charge in [-0.15, -0.1) is 11.3 Å². The number of rotatable bonds is 6. The summed E-state index contributed by atoms with van der Waals surface area (Å²) in [5.74, 6) is 0.940. The third-order valence-corrected chi connectivity index (χ3v) is 4.63. The number of thiazole rings is 1. The average Bonchev–Trinajstić information content (AvgIpc) is 2.83. The zero-order chi connectivity index (χ0) is 15.4. The maximum atomic E-state index is 5.49. The van der Waals surface area contributed by atoms with Crippen LogP contribution in [0.3, 0.4) is 0 Å². The normalized spacial score (nSPS) is 14.0. The molecular formula is C17H24N2OS. The zero-order valence-corrected chi connectivity index (χ0v) is 14.3. The number of hydrogen-bond donors (Lipinski definition) is 1. The van der Waals surface area contributed by atoms with E-state index in [0.29, 0.717) is 0 Å². The molecule has 114 valence electrons. The Balaban J connectivity index is 2.21. The van der Waals surface area contributed by atoms with Gasteiger partial charge in [0.2, 0.25) is 0 Å². The summed E-state index contributed by atoms with van der Waals surface area (Å²) in [7, 11) is 1.73. The first-order valence-corrected chi connectivity index (χ1v) is 8.21. The summed E-state index contributed by atoms with van der Waals surface area (Å²) in [6.07, 6.45) is 1.01. The van der Waals surface area contributed by atoms with Crippen LogP contribution in [-0.4, -0.2) is 12.1 Å². The number of aromatic nitrogens is 1. The summed E-state index contributed by atoms with van der Waals surface area (Å²) < 4.78 is 5.49. The lowest BCUT2D eigenvalue weighted by Gasteiger charge is -2.23. The molecule has 2 unspecified atom stereocenters. The van der Waals surface area contributed by atoms with Crippen LogP contribution in [0.15, 0.2) is 24.3 Å². The lowest BCUT2D eigenvalue weighted by molar-refractivity contribution is 0.387. The minimum Gasteiger partial charge on any atom is -0.496 e. The Labute approximate surface area is 131 Å². The molecule has 2 atom stereocenters. The quantitative estimate of drug-likeness (QED) is 0.849. The van der Waals surface area contributed by atoms with Crippen LogP contribution in [0.25, 0.3) is 0 Å². The molecule has 0 saturated carbocycles. The minimum atomic E-state index is 0.227. The molecule has 1 heterocycles. The molecular weight excluding hydrogens is 280 g/mol. The van der Waals surface area contributed by atoms with Crippen molar-refractivity contribution in [2.75, 3.05) is 7.11 Å².